The molecule has 0 unspecified atom stereocenters. The molecule has 0 saturated carbocycles. The smallest absolute Gasteiger partial charge is 0.255 e. The zero-order chi connectivity index (χ0) is 18.8. The number of nitrogens with zero attached hydrogens (tertiary/aromatic N) is 3. The molecule has 1 aromatic heterocycles. The fraction of sp³-hybridized carbons (Fsp3) is 0.190. The Bertz CT molecular complexity index is 1090. The highest BCUT2D eigenvalue weighted by atomic mass is 19.1. The van der Waals surface area contributed by atoms with Crippen LogP contribution >= 0.6 is 0 Å². The van der Waals surface area contributed by atoms with E-state index in [0.717, 1.165) is 23.4 Å². The van der Waals surface area contributed by atoms with Gasteiger partial charge in [-0.1, -0.05) is 36.4 Å². The van der Waals surface area contributed by atoms with Crippen molar-refractivity contribution in [2.24, 2.45) is 0 Å². The Morgan fingerprint density at radius 2 is 2.04 bits per heavy atom. The van der Waals surface area contributed by atoms with Crippen molar-refractivity contribution < 1.29 is 4.39 Å². The Kier molecular flexibility index (Phi) is 4.53. The highest BCUT2D eigenvalue weighted by Crippen LogP contribution is 2.20. The minimum Gasteiger partial charge on any atom is -0.306 e. The number of hydrogen-bond donors (Lipinski definition) is 1. The van der Waals surface area contributed by atoms with Crippen molar-refractivity contribution in [1.82, 2.24) is 14.9 Å². The summed E-state index contributed by atoms with van der Waals surface area (Å²) in [5.74, 6) is 0.0707. The quantitative estimate of drug-likeness (QED) is 0.779. The lowest BCUT2D eigenvalue weighted by atomic mass is 10.0. The summed E-state index contributed by atoms with van der Waals surface area (Å²) in [6.07, 6.45) is 0.665. The first-order valence-corrected chi connectivity index (χ1v) is 8.72. The van der Waals surface area contributed by atoms with Crippen LogP contribution in [0.2, 0.25) is 0 Å². The largest absolute Gasteiger partial charge is 0.306 e. The van der Waals surface area contributed by atoms with Crippen LogP contribution in [0.4, 0.5) is 4.39 Å². The number of rotatable bonds is 3. The van der Waals surface area contributed by atoms with Crippen molar-refractivity contribution in [3.63, 3.8) is 0 Å². The summed E-state index contributed by atoms with van der Waals surface area (Å²) in [6.45, 7) is 1.72. The van der Waals surface area contributed by atoms with E-state index in [4.69, 9.17) is 5.26 Å². The van der Waals surface area contributed by atoms with Gasteiger partial charge in [-0.25, -0.2) is 9.37 Å². The molecule has 0 amide bonds. The third-order valence-electron chi connectivity index (χ3n) is 4.76. The van der Waals surface area contributed by atoms with Gasteiger partial charge in [-0.3, -0.25) is 9.69 Å². The highest BCUT2D eigenvalue weighted by Gasteiger charge is 2.21. The molecule has 134 valence electrons. The van der Waals surface area contributed by atoms with Crippen LogP contribution in [0, 0.1) is 17.1 Å². The van der Waals surface area contributed by atoms with Gasteiger partial charge in [0.25, 0.3) is 5.56 Å². The normalized spacial score (nSPS) is 13.8. The summed E-state index contributed by atoms with van der Waals surface area (Å²) in [5.41, 5.74) is 3.05. The van der Waals surface area contributed by atoms with Gasteiger partial charge in [0.1, 0.15) is 17.7 Å². The van der Waals surface area contributed by atoms with Gasteiger partial charge in [0, 0.05) is 31.6 Å². The van der Waals surface area contributed by atoms with Crippen LogP contribution in [0.5, 0.6) is 0 Å². The Morgan fingerprint density at radius 3 is 2.78 bits per heavy atom. The van der Waals surface area contributed by atoms with Crippen LogP contribution in [0.15, 0.2) is 53.3 Å². The predicted octanol–water partition coefficient (Wildman–Crippen LogP) is 3.01. The Labute approximate surface area is 155 Å². The third-order valence-corrected chi connectivity index (χ3v) is 4.76. The van der Waals surface area contributed by atoms with E-state index in [1.165, 1.54) is 12.1 Å². The van der Waals surface area contributed by atoms with Gasteiger partial charge in [-0.15, -0.1) is 0 Å². The molecular formula is C21H17FN4O. The van der Waals surface area contributed by atoms with E-state index in [1.807, 2.05) is 36.4 Å². The lowest BCUT2D eigenvalue weighted by Gasteiger charge is -2.27. The molecule has 0 spiro atoms. The first-order valence-electron chi connectivity index (χ1n) is 8.72. The molecular weight excluding hydrogens is 343 g/mol. The van der Waals surface area contributed by atoms with E-state index in [-0.39, 0.29) is 11.1 Å². The zero-order valence-electron chi connectivity index (χ0n) is 14.6. The van der Waals surface area contributed by atoms with Gasteiger partial charge in [0.05, 0.1) is 16.8 Å². The SMILES string of the molecule is N#Cc1ccc(CN2CCc3nc(-c4ccccc4)[nH]c(=O)c3C2)cc1F. The van der Waals surface area contributed by atoms with Crippen molar-refractivity contribution in [3.8, 4) is 17.5 Å². The maximum absolute atomic E-state index is 13.8. The second kappa shape index (κ2) is 7.14. The molecule has 27 heavy (non-hydrogen) atoms. The Morgan fingerprint density at radius 1 is 1.22 bits per heavy atom. The van der Waals surface area contributed by atoms with Gasteiger partial charge in [0.15, 0.2) is 0 Å². The molecule has 5 nitrogen and oxygen atoms in total. The van der Waals surface area contributed by atoms with Crippen LogP contribution in [-0.4, -0.2) is 21.4 Å². The molecule has 2 heterocycles. The number of benzene rings is 2. The molecule has 0 radical (unpaired) electrons. The highest BCUT2D eigenvalue weighted by molar-refractivity contribution is 5.54. The molecule has 4 rings (SSSR count). The topological polar surface area (TPSA) is 72.8 Å². The van der Waals surface area contributed by atoms with E-state index in [1.54, 1.807) is 6.07 Å². The van der Waals surface area contributed by atoms with E-state index in [0.29, 0.717) is 30.9 Å². The summed E-state index contributed by atoms with van der Waals surface area (Å²) in [4.78, 5) is 22.2. The van der Waals surface area contributed by atoms with Crippen LogP contribution in [0.1, 0.15) is 22.4 Å². The molecule has 0 saturated heterocycles. The third kappa shape index (κ3) is 3.50. The van der Waals surface area contributed by atoms with Gasteiger partial charge >= 0.3 is 0 Å². The zero-order valence-corrected chi connectivity index (χ0v) is 14.6. The number of fused-ring (bicyclic) bond motifs is 1. The Balaban J connectivity index is 1.56. The molecule has 6 heteroatoms. The lowest BCUT2D eigenvalue weighted by Crippen LogP contribution is -2.35. The van der Waals surface area contributed by atoms with E-state index in [2.05, 4.69) is 14.9 Å². The molecule has 2 aromatic carbocycles. The average molecular weight is 360 g/mol. The van der Waals surface area contributed by atoms with Gasteiger partial charge in [0.2, 0.25) is 0 Å². The number of aromatic nitrogens is 2. The molecule has 0 bridgehead atoms. The van der Waals surface area contributed by atoms with Crippen LogP contribution in [-0.2, 0) is 19.5 Å². The number of hydrogen-bond acceptors (Lipinski definition) is 4. The number of nitrogens with one attached hydrogen (secondary N) is 1. The minimum atomic E-state index is -0.514. The Hall–Kier alpha value is -3.30. The number of halogens is 1. The maximum Gasteiger partial charge on any atom is 0.255 e. The van der Waals surface area contributed by atoms with Crippen molar-refractivity contribution in [2.75, 3.05) is 6.54 Å². The number of aromatic amines is 1. The molecule has 0 aliphatic carbocycles. The molecule has 0 atom stereocenters. The first-order chi connectivity index (χ1) is 13.1. The van der Waals surface area contributed by atoms with Crippen molar-refractivity contribution >= 4 is 0 Å². The van der Waals surface area contributed by atoms with Crippen LogP contribution < -0.4 is 5.56 Å². The molecule has 1 aliphatic rings. The summed E-state index contributed by atoms with van der Waals surface area (Å²) in [5, 5.41) is 8.83. The predicted molar refractivity (Wildman–Crippen MR) is 99.2 cm³/mol. The van der Waals surface area contributed by atoms with Crippen molar-refractivity contribution in [3.05, 3.63) is 87.1 Å². The average Bonchev–Trinajstić information content (AvgIpc) is 2.69. The molecule has 1 aliphatic heterocycles. The number of nitriles is 1. The summed E-state index contributed by atoms with van der Waals surface area (Å²) < 4.78 is 13.8. The molecule has 1 N–H and O–H groups in total. The number of H-pyrrole nitrogens is 1. The van der Waals surface area contributed by atoms with Crippen molar-refractivity contribution in [2.45, 2.75) is 19.5 Å². The minimum absolute atomic E-state index is 0.0387. The summed E-state index contributed by atoms with van der Waals surface area (Å²) in [7, 11) is 0. The van der Waals surface area contributed by atoms with Gasteiger partial charge < -0.3 is 4.98 Å². The standard InChI is InChI=1S/C21H17FN4O/c22-18-10-14(6-7-16(18)11-23)12-26-9-8-19-17(13-26)21(27)25-20(24-19)15-4-2-1-3-5-15/h1-7,10H,8-9,12-13H2,(H,24,25,27). The van der Waals surface area contributed by atoms with E-state index in [9.17, 15) is 9.18 Å². The van der Waals surface area contributed by atoms with E-state index < -0.39 is 5.82 Å². The maximum atomic E-state index is 13.8. The first kappa shape index (κ1) is 17.1. The second-order valence-corrected chi connectivity index (χ2v) is 6.59. The van der Waals surface area contributed by atoms with E-state index >= 15 is 0 Å². The van der Waals surface area contributed by atoms with Gasteiger partial charge in [-0.2, -0.15) is 5.26 Å². The molecule has 3 aromatic rings. The second-order valence-electron chi connectivity index (χ2n) is 6.59. The fourth-order valence-electron chi connectivity index (χ4n) is 3.35. The van der Waals surface area contributed by atoms with Crippen LogP contribution in [0.25, 0.3) is 11.4 Å². The monoisotopic (exact) mass is 360 g/mol. The van der Waals surface area contributed by atoms with Crippen molar-refractivity contribution in [1.29, 1.82) is 5.26 Å². The fourth-order valence-corrected chi connectivity index (χ4v) is 3.35. The van der Waals surface area contributed by atoms with Gasteiger partial charge in [-0.05, 0) is 17.7 Å². The lowest BCUT2D eigenvalue weighted by molar-refractivity contribution is 0.241. The summed E-state index contributed by atoms with van der Waals surface area (Å²) in [6, 6.07) is 16.0. The molecule has 0 fully saturated rings. The summed E-state index contributed by atoms with van der Waals surface area (Å²) >= 11 is 0. The van der Waals surface area contributed by atoms with Crippen LogP contribution in [0.3, 0.4) is 0 Å².